The number of likely N-dealkylation sites (N-methyl/N-ethyl adjacent to an activating group) is 1. The van der Waals surface area contributed by atoms with Crippen LogP contribution in [-0.4, -0.2) is 67.0 Å². The fraction of sp³-hybridized carbons (Fsp3) is 0.615. The van der Waals surface area contributed by atoms with Crippen LogP contribution in [-0.2, 0) is 4.79 Å². The molecule has 1 fully saturated rings. The number of rotatable bonds is 2. The zero-order valence-electron chi connectivity index (χ0n) is 12.0. The molecule has 2 heterocycles. The first-order chi connectivity index (χ1) is 9.51. The fourth-order valence-electron chi connectivity index (χ4n) is 2.36. The van der Waals surface area contributed by atoms with Crippen LogP contribution in [0.25, 0.3) is 0 Å². The Hall–Kier alpha value is -1.89. The minimum atomic E-state index is -0.232. The van der Waals surface area contributed by atoms with E-state index in [9.17, 15) is 9.59 Å². The molecule has 0 saturated carbocycles. The molecule has 0 bridgehead atoms. The van der Waals surface area contributed by atoms with Crippen LogP contribution in [0, 0.1) is 12.8 Å². The summed E-state index contributed by atoms with van der Waals surface area (Å²) >= 11 is 0. The molecule has 20 heavy (non-hydrogen) atoms. The van der Waals surface area contributed by atoms with Gasteiger partial charge in [-0.15, -0.1) is 0 Å². The monoisotopic (exact) mass is 280 g/mol. The summed E-state index contributed by atoms with van der Waals surface area (Å²) in [5.41, 5.74) is 0.294. The van der Waals surface area contributed by atoms with E-state index < -0.39 is 0 Å². The molecule has 1 atom stereocenters. The van der Waals surface area contributed by atoms with Crippen LogP contribution < -0.4 is 5.32 Å². The minimum absolute atomic E-state index is 0.0483. The molecule has 1 aliphatic heterocycles. The molecule has 2 amide bonds. The lowest BCUT2D eigenvalue weighted by molar-refractivity contribution is -0.125. The van der Waals surface area contributed by atoms with Gasteiger partial charge >= 0.3 is 0 Å². The van der Waals surface area contributed by atoms with E-state index in [0.717, 1.165) is 6.54 Å². The van der Waals surface area contributed by atoms with Gasteiger partial charge in [-0.2, -0.15) is 0 Å². The van der Waals surface area contributed by atoms with Crippen LogP contribution in [0.4, 0.5) is 0 Å². The van der Waals surface area contributed by atoms with Gasteiger partial charge < -0.3 is 19.6 Å². The lowest BCUT2D eigenvalue weighted by Crippen LogP contribution is -2.41. The maximum absolute atomic E-state index is 12.4. The van der Waals surface area contributed by atoms with Crippen molar-refractivity contribution >= 4 is 11.8 Å². The van der Waals surface area contributed by atoms with E-state index in [0.29, 0.717) is 31.1 Å². The lowest BCUT2D eigenvalue weighted by Gasteiger charge is -2.22. The Bertz CT molecular complexity index is 500. The second-order valence-electron chi connectivity index (χ2n) is 5.15. The van der Waals surface area contributed by atoms with Crippen LogP contribution in [0.2, 0.25) is 0 Å². The molecule has 0 aliphatic carbocycles. The third-order valence-corrected chi connectivity index (χ3v) is 3.48. The predicted molar refractivity (Wildman–Crippen MR) is 72.2 cm³/mol. The number of carbonyl (C=O) groups is 2. The fourth-order valence-corrected chi connectivity index (χ4v) is 2.36. The highest BCUT2D eigenvalue weighted by molar-refractivity contribution is 5.92. The summed E-state index contributed by atoms with van der Waals surface area (Å²) in [4.78, 5) is 28.0. The Kier molecular flexibility index (Phi) is 4.39. The Morgan fingerprint density at radius 3 is 2.75 bits per heavy atom. The van der Waals surface area contributed by atoms with E-state index in [2.05, 4.69) is 15.4 Å². The Morgan fingerprint density at radius 2 is 2.15 bits per heavy atom. The average Bonchev–Trinajstić information content (AvgIpc) is 2.76. The van der Waals surface area contributed by atoms with E-state index in [1.165, 1.54) is 0 Å². The first-order valence-electron chi connectivity index (χ1n) is 6.64. The highest BCUT2D eigenvalue weighted by Crippen LogP contribution is 2.13. The van der Waals surface area contributed by atoms with Gasteiger partial charge in [-0.3, -0.25) is 9.59 Å². The van der Waals surface area contributed by atoms with Gasteiger partial charge in [0.05, 0.1) is 5.92 Å². The van der Waals surface area contributed by atoms with Gasteiger partial charge in [-0.1, -0.05) is 5.16 Å². The third kappa shape index (κ3) is 3.16. The van der Waals surface area contributed by atoms with E-state index in [4.69, 9.17) is 4.52 Å². The Labute approximate surface area is 117 Å². The summed E-state index contributed by atoms with van der Waals surface area (Å²) in [6.45, 7) is 4.09. The van der Waals surface area contributed by atoms with Gasteiger partial charge in [0, 0.05) is 39.3 Å². The van der Waals surface area contributed by atoms with E-state index >= 15 is 0 Å². The second-order valence-corrected chi connectivity index (χ2v) is 5.15. The smallest absolute Gasteiger partial charge is 0.276 e. The molecular formula is C13H20N4O3. The maximum atomic E-state index is 12.4. The number of carbonyl (C=O) groups excluding carboxylic acids is 2. The quantitative estimate of drug-likeness (QED) is 0.807. The Morgan fingerprint density at radius 1 is 1.40 bits per heavy atom. The van der Waals surface area contributed by atoms with E-state index in [-0.39, 0.29) is 17.7 Å². The van der Waals surface area contributed by atoms with Crippen molar-refractivity contribution in [3.05, 3.63) is 17.5 Å². The van der Waals surface area contributed by atoms with Crippen LogP contribution in [0.3, 0.4) is 0 Å². The highest BCUT2D eigenvalue weighted by Gasteiger charge is 2.29. The van der Waals surface area contributed by atoms with Crippen LogP contribution in [0.5, 0.6) is 0 Å². The SMILES string of the molecule is CNC(=O)C1CN(C)CCN(C(=O)c2cc(C)on2)C1. The second kappa shape index (κ2) is 6.04. The number of nitrogens with zero attached hydrogens (tertiary/aromatic N) is 3. The van der Waals surface area contributed by atoms with Gasteiger partial charge in [-0.05, 0) is 14.0 Å². The molecule has 0 aromatic carbocycles. The molecule has 1 aromatic rings. The van der Waals surface area contributed by atoms with Gasteiger partial charge in [0.15, 0.2) is 5.69 Å². The molecule has 2 rings (SSSR count). The number of hydrogen-bond donors (Lipinski definition) is 1. The summed E-state index contributed by atoms with van der Waals surface area (Å²) in [5.74, 6) is 0.131. The van der Waals surface area contributed by atoms with Crippen molar-refractivity contribution in [3.8, 4) is 0 Å². The van der Waals surface area contributed by atoms with Crippen molar-refractivity contribution in [1.29, 1.82) is 0 Å². The average molecular weight is 280 g/mol. The largest absolute Gasteiger partial charge is 0.361 e. The van der Waals surface area contributed by atoms with Crippen LogP contribution in [0.15, 0.2) is 10.6 Å². The molecule has 0 radical (unpaired) electrons. The van der Waals surface area contributed by atoms with Crippen molar-refractivity contribution in [3.63, 3.8) is 0 Å². The minimum Gasteiger partial charge on any atom is -0.361 e. The van der Waals surface area contributed by atoms with Crippen molar-refractivity contribution in [1.82, 2.24) is 20.3 Å². The van der Waals surface area contributed by atoms with Crippen LogP contribution >= 0.6 is 0 Å². The standard InChI is InChI=1S/C13H20N4O3/c1-9-6-11(15-20-9)13(19)17-5-4-16(3)7-10(8-17)12(18)14-2/h6,10H,4-5,7-8H2,1-3H3,(H,14,18). The van der Waals surface area contributed by atoms with Crippen molar-refractivity contribution in [2.75, 3.05) is 40.3 Å². The number of nitrogens with one attached hydrogen (secondary N) is 1. The molecule has 1 unspecified atom stereocenters. The number of amides is 2. The van der Waals surface area contributed by atoms with E-state index in [1.54, 1.807) is 24.9 Å². The number of aromatic nitrogens is 1. The first kappa shape index (κ1) is 14.5. The van der Waals surface area contributed by atoms with Crippen molar-refractivity contribution in [2.45, 2.75) is 6.92 Å². The summed E-state index contributed by atoms with van der Waals surface area (Å²) in [6.07, 6.45) is 0. The van der Waals surface area contributed by atoms with Crippen molar-refractivity contribution < 1.29 is 14.1 Å². The molecule has 7 heteroatoms. The molecule has 1 aromatic heterocycles. The molecule has 110 valence electrons. The molecule has 0 spiro atoms. The first-order valence-corrected chi connectivity index (χ1v) is 6.64. The molecule has 1 aliphatic rings. The van der Waals surface area contributed by atoms with Crippen LogP contribution in [0.1, 0.15) is 16.2 Å². The summed E-state index contributed by atoms with van der Waals surface area (Å²) in [5, 5.41) is 6.40. The zero-order chi connectivity index (χ0) is 14.7. The number of aryl methyl sites for hydroxylation is 1. The number of hydrogen-bond acceptors (Lipinski definition) is 5. The third-order valence-electron chi connectivity index (χ3n) is 3.48. The summed E-state index contributed by atoms with van der Waals surface area (Å²) in [6, 6.07) is 1.62. The normalized spacial score (nSPS) is 20.6. The lowest BCUT2D eigenvalue weighted by atomic mass is 10.1. The topological polar surface area (TPSA) is 78.7 Å². The van der Waals surface area contributed by atoms with E-state index in [1.807, 2.05) is 7.05 Å². The molecule has 1 N–H and O–H groups in total. The van der Waals surface area contributed by atoms with Gasteiger partial charge in [0.1, 0.15) is 5.76 Å². The van der Waals surface area contributed by atoms with Crippen molar-refractivity contribution in [2.24, 2.45) is 5.92 Å². The molecule has 7 nitrogen and oxygen atoms in total. The zero-order valence-corrected chi connectivity index (χ0v) is 12.0. The maximum Gasteiger partial charge on any atom is 0.276 e. The van der Waals surface area contributed by atoms with Gasteiger partial charge in [-0.25, -0.2) is 0 Å². The summed E-state index contributed by atoms with van der Waals surface area (Å²) in [7, 11) is 3.56. The van der Waals surface area contributed by atoms with Gasteiger partial charge in [0.25, 0.3) is 5.91 Å². The highest BCUT2D eigenvalue weighted by atomic mass is 16.5. The van der Waals surface area contributed by atoms with Gasteiger partial charge in [0.2, 0.25) is 5.91 Å². The summed E-state index contributed by atoms with van der Waals surface area (Å²) < 4.78 is 4.94. The molecular weight excluding hydrogens is 260 g/mol. The predicted octanol–water partition coefficient (Wildman–Crippen LogP) is -0.267. The Balaban J connectivity index is 2.13. The molecule has 1 saturated heterocycles.